The summed E-state index contributed by atoms with van der Waals surface area (Å²) in [7, 11) is 0. The van der Waals surface area contributed by atoms with Crippen LogP contribution in [0.25, 0.3) is 0 Å². The number of isocyanates is 1. The monoisotopic (exact) mass is 269 g/mol. The van der Waals surface area contributed by atoms with Crippen molar-refractivity contribution in [2.75, 3.05) is 18.6 Å². The maximum Gasteiger partial charge on any atom is 0.508 e. The summed E-state index contributed by atoms with van der Waals surface area (Å²) in [5, 5.41) is 13.7. The van der Waals surface area contributed by atoms with E-state index in [9.17, 15) is 4.79 Å². The predicted octanol–water partition coefficient (Wildman–Crippen LogP) is 0.387. The standard InChI is InChI=1S/C6H8N2.C4H6O4.CHNO/c7-8-6-4-2-1-3-5-6;5-1-3-2-7-4(6)8-3;2-1-3/h1-5,8H,7H2;3,5H,1-2H2;2H. The van der Waals surface area contributed by atoms with Gasteiger partial charge in [0.1, 0.15) is 6.61 Å². The molecule has 5 N–H and O–H groups in total. The Balaban J connectivity index is 0.000000284. The fourth-order valence-electron chi connectivity index (χ4n) is 0.989. The normalized spacial score (nSPS) is 15.5. The van der Waals surface area contributed by atoms with Gasteiger partial charge < -0.3 is 20.0 Å². The summed E-state index contributed by atoms with van der Waals surface area (Å²) in [6.45, 7) is 0.0150. The average Bonchev–Trinajstić information content (AvgIpc) is 2.87. The van der Waals surface area contributed by atoms with Crippen molar-refractivity contribution in [2.24, 2.45) is 5.84 Å². The molecule has 1 aliphatic rings. The van der Waals surface area contributed by atoms with E-state index in [4.69, 9.17) is 21.2 Å². The number of ether oxygens (including phenoxy) is 2. The van der Waals surface area contributed by atoms with Crippen LogP contribution in [0.5, 0.6) is 0 Å². The second-order valence-corrected chi connectivity index (χ2v) is 3.10. The lowest BCUT2D eigenvalue weighted by Crippen LogP contribution is -2.14. The van der Waals surface area contributed by atoms with Gasteiger partial charge in [0.15, 0.2) is 6.10 Å². The topological polar surface area (TPSA) is 135 Å². The molecule has 1 heterocycles. The van der Waals surface area contributed by atoms with E-state index >= 15 is 0 Å². The van der Waals surface area contributed by atoms with E-state index in [2.05, 4.69) is 14.9 Å². The van der Waals surface area contributed by atoms with Crippen molar-refractivity contribution < 1.29 is 24.2 Å². The number of aliphatic hydroxyl groups excluding tert-OH is 1. The highest BCUT2D eigenvalue weighted by atomic mass is 16.8. The highest BCUT2D eigenvalue weighted by molar-refractivity contribution is 5.61. The van der Waals surface area contributed by atoms with Crippen molar-refractivity contribution in [1.29, 1.82) is 5.41 Å². The molecule has 0 amide bonds. The largest absolute Gasteiger partial charge is 0.508 e. The van der Waals surface area contributed by atoms with Gasteiger partial charge in [0.05, 0.1) is 6.61 Å². The minimum absolute atomic E-state index is 0.161. The first-order valence-electron chi connectivity index (χ1n) is 5.17. The van der Waals surface area contributed by atoms with E-state index in [1.54, 1.807) is 0 Å². The molecular formula is C11H15N3O5. The Morgan fingerprint density at radius 2 is 2.05 bits per heavy atom. The highest BCUT2D eigenvalue weighted by Crippen LogP contribution is 2.03. The quantitative estimate of drug-likeness (QED) is 0.200. The Labute approximate surface area is 109 Å². The Hall–Kier alpha value is -2.41. The van der Waals surface area contributed by atoms with Crippen molar-refractivity contribution in [1.82, 2.24) is 0 Å². The molecule has 1 saturated heterocycles. The third-order valence-corrected chi connectivity index (χ3v) is 1.79. The maximum absolute atomic E-state index is 10.1. The molecule has 0 radical (unpaired) electrons. The SMILES string of the molecule is N=C=O.NNc1ccccc1.O=C1OCC(CO)O1. The third kappa shape index (κ3) is 8.33. The number of carbonyl (C=O) groups is 1. The van der Waals surface area contributed by atoms with Crippen LogP contribution in [0.15, 0.2) is 30.3 Å². The number of nitrogen functional groups attached to an aromatic ring is 1. The van der Waals surface area contributed by atoms with Crippen LogP contribution in [0.1, 0.15) is 0 Å². The third-order valence-electron chi connectivity index (χ3n) is 1.79. The fourth-order valence-corrected chi connectivity index (χ4v) is 0.989. The van der Waals surface area contributed by atoms with E-state index in [1.807, 2.05) is 30.3 Å². The summed E-state index contributed by atoms with van der Waals surface area (Å²) < 4.78 is 8.73. The Morgan fingerprint density at radius 3 is 2.32 bits per heavy atom. The van der Waals surface area contributed by atoms with E-state index in [0.29, 0.717) is 0 Å². The minimum atomic E-state index is -0.691. The number of nitrogens with one attached hydrogen (secondary N) is 2. The zero-order valence-electron chi connectivity index (χ0n) is 10.0. The van der Waals surface area contributed by atoms with Crippen molar-refractivity contribution in [3.8, 4) is 0 Å². The molecule has 8 heteroatoms. The molecule has 1 aliphatic heterocycles. The van der Waals surface area contributed by atoms with Gasteiger partial charge in [-0.1, -0.05) is 18.2 Å². The van der Waals surface area contributed by atoms with Crippen LogP contribution in [-0.4, -0.2) is 36.7 Å². The summed E-state index contributed by atoms with van der Waals surface area (Å²) in [4.78, 5) is 18.4. The van der Waals surface area contributed by atoms with Crippen LogP contribution >= 0.6 is 0 Å². The number of hydrogen-bond donors (Lipinski definition) is 4. The van der Waals surface area contributed by atoms with Crippen LogP contribution in [0.2, 0.25) is 0 Å². The molecule has 0 bridgehead atoms. The van der Waals surface area contributed by atoms with Crippen molar-refractivity contribution in [3.05, 3.63) is 30.3 Å². The first-order chi connectivity index (χ1) is 9.17. The van der Waals surface area contributed by atoms with Gasteiger partial charge in [-0.25, -0.2) is 15.0 Å². The number of hydrazine groups is 1. The number of hydrogen-bond acceptors (Lipinski definition) is 8. The molecule has 0 saturated carbocycles. The number of cyclic esters (lactones) is 2. The van der Waals surface area contributed by atoms with Crippen LogP contribution in [0.3, 0.4) is 0 Å². The summed E-state index contributed by atoms with van der Waals surface area (Å²) in [5.74, 6) is 5.10. The van der Waals surface area contributed by atoms with Gasteiger partial charge in [-0.2, -0.15) is 0 Å². The number of carbonyl (C=O) groups excluding carboxylic acids is 2. The first-order valence-corrected chi connectivity index (χ1v) is 5.17. The van der Waals surface area contributed by atoms with E-state index in [1.165, 1.54) is 0 Å². The maximum atomic E-state index is 10.1. The lowest BCUT2D eigenvalue weighted by Gasteiger charge is -1.96. The van der Waals surface area contributed by atoms with E-state index in [0.717, 1.165) is 11.8 Å². The lowest BCUT2D eigenvalue weighted by molar-refractivity contribution is 0.0919. The summed E-state index contributed by atoms with van der Waals surface area (Å²) in [6.07, 6.45) is -0.383. The zero-order valence-corrected chi connectivity index (χ0v) is 10.0. The molecule has 19 heavy (non-hydrogen) atoms. The molecule has 1 aromatic carbocycles. The van der Waals surface area contributed by atoms with Gasteiger partial charge in [-0.15, -0.1) is 0 Å². The second kappa shape index (κ2) is 10.7. The van der Waals surface area contributed by atoms with Crippen molar-refractivity contribution in [2.45, 2.75) is 6.10 Å². The fraction of sp³-hybridized carbons (Fsp3) is 0.273. The molecule has 1 aromatic rings. The van der Waals surface area contributed by atoms with Gasteiger partial charge in [0, 0.05) is 5.69 Å². The molecule has 104 valence electrons. The van der Waals surface area contributed by atoms with Gasteiger partial charge in [-0.3, -0.25) is 5.84 Å². The Kier molecular flexibility index (Phi) is 9.37. The van der Waals surface area contributed by atoms with E-state index in [-0.39, 0.29) is 13.2 Å². The smallest absolute Gasteiger partial charge is 0.430 e. The molecule has 0 aliphatic carbocycles. The molecular weight excluding hydrogens is 254 g/mol. The van der Waals surface area contributed by atoms with Crippen LogP contribution in [0.4, 0.5) is 10.5 Å². The number of para-hydroxylation sites is 1. The number of anilines is 1. The molecule has 1 fully saturated rings. The number of rotatable bonds is 2. The predicted molar refractivity (Wildman–Crippen MR) is 66.0 cm³/mol. The molecule has 0 aromatic heterocycles. The summed E-state index contributed by atoms with van der Waals surface area (Å²) in [5.41, 5.74) is 3.46. The zero-order chi connectivity index (χ0) is 14.5. The van der Waals surface area contributed by atoms with Gasteiger partial charge >= 0.3 is 6.16 Å². The van der Waals surface area contributed by atoms with Crippen molar-refractivity contribution >= 4 is 17.9 Å². The van der Waals surface area contributed by atoms with Crippen LogP contribution in [0, 0.1) is 5.41 Å². The van der Waals surface area contributed by atoms with Gasteiger partial charge in [0.25, 0.3) is 0 Å². The number of benzene rings is 1. The first kappa shape index (κ1) is 16.6. The molecule has 1 unspecified atom stereocenters. The van der Waals surface area contributed by atoms with Gasteiger partial charge in [0.2, 0.25) is 6.08 Å². The highest BCUT2D eigenvalue weighted by Gasteiger charge is 2.23. The van der Waals surface area contributed by atoms with Crippen LogP contribution in [-0.2, 0) is 14.3 Å². The summed E-state index contributed by atoms with van der Waals surface area (Å²) in [6, 6.07) is 9.60. The molecule has 8 nitrogen and oxygen atoms in total. The molecule has 0 spiro atoms. The van der Waals surface area contributed by atoms with E-state index < -0.39 is 12.3 Å². The molecule has 2 rings (SSSR count). The lowest BCUT2D eigenvalue weighted by atomic mass is 10.3. The Bertz CT molecular complexity index is 393. The number of aliphatic hydroxyl groups is 1. The number of nitrogens with two attached hydrogens (primary N) is 1. The average molecular weight is 269 g/mol. The summed E-state index contributed by atoms with van der Waals surface area (Å²) >= 11 is 0. The van der Waals surface area contributed by atoms with Crippen molar-refractivity contribution in [3.63, 3.8) is 0 Å². The van der Waals surface area contributed by atoms with Gasteiger partial charge in [-0.05, 0) is 12.1 Å². The minimum Gasteiger partial charge on any atom is -0.430 e. The second-order valence-electron chi connectivity index (χ2n) is 3.10. The Morgan fingerprint density at radius 1 is 1.47 bits per heavy atom. The molecule has 1 atom stereocenters. The van der Waals surface area contributed by atoms with Crippen LogP contribution < -0.4 is 11.3 Å².